The molecule has 13 heavy (non-hydrogen) atoms. The van der Waals surface area contributed by atoms with E-state index in [0.717, 1.165) is 0 Å². The van der Waals surface area contributed by atoms with Crippen LogP contribution in [0.3, 0.4) is 0 Å². The van der Waals surface area contributed by atoms with Gasteiger partial charge < -0.3 is 4.79 Å². The van der Waals surface area contributed by atoms with Gasteiger partial charge >= 0.3 is 79.2 Å². The molecule has 0 bridgehead atoms. The Balaban J connectivity index is 0.000000671. The number of allylic oxidation sites excluding steroid dienone is 4. The second-order valence-electron chi connectivity index (χ2n) is 3.79. The van der Waals surface area contributed by atoms with Gasteiger partial charge in [0.1, 0.15) is 6.79 Å². The Morgan fingerprint density at radius 1 is 1.08 bits per heavy atom. The van der Waals surface area contributed by atoms with Crippen molar-refractivity contribution >= 4 is 6.79 Å². The van der Waals surface area contributed by atoms with Crippen molar-refractivity contribution in [3.63, 3.8) is 0 Å². The molecular formula is C11H17ORh. The van der Waals surface area contributed by atoms with Gasteiger partial charge in [0, 0.05) is 0 Å². The predicted octanol–water partition coefficient (Wildman–Crippen LogP) is 3.00. The Labute approximate surface area is 91.0 Å². The van der Waals surface area contributed by atoms with E-state index in [-0.39, 0.29) is 5.41 Å². The zero-order chi connectivity index (χ0) is 10.8. The fourth-order valence-electron chi connectivity index (χ4n) is 1.53. The van der Waals surface area contributed by atoms with Crippen LogP contribution in [0, 0.1) is 5.41 Å². The summed E-state index contributed by atoms with van der Waals surface area (Å²) in [5.41, 5.74) is 4.68. The fraction of sp³-hybridized carbons (Fsp3) is 0.545. The van der Waals surface area contributed by atoms with Gasteiger partial charge in [0.15, 0.2) is 0 Å². The molecule has 0 aromatic carbocycles. The van der Waals surface area contributed by atoms with Crippen molar-refractivity contribution in [2.24, 2.45) is 5.41 Å². The van der Waals surface area contributed by atoms with Crippen LogP contribution in [0.1, 0.15) is 34.6 Å². The molecule has 0 radical (unpaired) electrons. The van der Waals surface area contributed by atoms with Crippen LogP contribution in [0.2, 0.25) is 0 Å². The summed E-state index contributed by atoms with van der Waals surface area (Å²) >= 11 is 3.07. The maximum absolute atomic E-state index is 8.00. The minimum atomic E-state index is 0.265. The van der Waals surface area contributed by atoms with Crippen molar-refractivity contribution in [2.75, 3.05) is 0 Å². The van der Waals surface area contributed by atoms with Gasteiger partial charge in [-0.2, -0.15) is 0 Å². The van der Waals surface area contributed by atoms with Crippen LogP contribution >= 0.6 is 0 Å². The van der Waals surface area contributed by atoms with E-state index < -0.39 is 0 Å². The van der Waals surface area contributed by atoms with Crippen LogP contribution in [0.15, 0.2) is 20.9 Å². The summed E-state index contributed by atoms with van der Waals surface area (Å²) in [5.74, 6) is 0. The molecule has 2 heteroatoms. The number of rotatable bonds is 0. The van der Waals surface area contributed by atoms with E-state index in [4.69, 9.17) is 4.79 Å². The third-order valence-corrected chi connectivity index (χ3v) is 4.53. The Morgan fingerprint density at radius 2 is 1.46 bits per heavy atom. The molecule has 0 heterocycles. The molecule has 0 fully saturated rings. The van der Waals surface area contributed by atoms with Crippen molar-refractivity contribution in [3.8, 4) is 0 Å². The Bertz CT molecular complexity index is 246. The van der Waals surface area contributed by atoms with Gasteiger partial charge in [0.25, 0.3) is 0 Å². The second-order valence-corrected chi connectivity index (χ2v) is 4.61. The summed E-state index contributed by atoms with van der Waals surface area (Å²) in [4.78, 5) is 8.00. The molecule has 0 aromatic rings. The van der Waals surface area contributed by atoms with Crippen LogP contribution in [-0.2, 0) is 23.1 Å². The van der Waals surface area contributed by atoms with Gasteiger partial charge in [-0.15, -0.1) is 0 Å². The molecule has 1 nitrogen and oxygen atoms in total. The Morgan fingerprint density at radius 3 is 1.54 bits per heavy atom. The van der Waals surface area contributed by atoms with Gasteiger partial charge in [0.2, 0.25) is 0 Å². The first-order valence-electron chi connectivity index (χ1n) is 4.21. The minimum absolute atomic E-state index is 0.265. The van der Waals surface area contributed by atoms with Crippen molar-refractivity contribution in [1.29, 1.82) is 0 Å². The number of hydrogen-bond acceptors (Lipinski definition) is 1. The summed E-state index contributed by atoms with van der Waals surface area (Å²) in [6, 6.07) is 0. The van der Waals surface area contributed by atoms with E-state index in [0.29, 0.717) is 0 Å². The van der Waals surface area contributed by atoms with Crippen LogP contribution in [0.4, 0.5) is 0 Å². The standard InChI is InChI=1S/C10H15.CH2O.Rh/c1-7-6-10(4,5)9(3)8(7)2;1-2;/h1-5H3;1H2;. The summed E-state index contributed by atoms with van der Waals surface area (Å²) in [7, 11) is 0. The first kappa shape index (κ1) is 12.8. The number of carbonyl (C=O) groups is 1. The van der Waals surface area contributed by atoms with Gasteiger partial charge in [-0.1, -0.05) is 0 Å². The third kappa shape index (κ3) is 1.99. The van der Waals surface area contributed by atoms with Crippen LogP contribution in [0.25, 0.3) is 0 Å². The molecule has 0 atom stereocenters. The molecule has 1 aliphatic rings. The molecule has 0 unspecified atom stereocenters. The van der Waals surface area contributed by atoms with Crippen LogP contribution < -0.4 is 0 Å². The monoisotopic (exact) mass is 268 g/mol. The Hall–Kier alpha value is -0.227. The normalized spacial score (nSPS) is 20.2. The van der Waals surface area contributed by atoms with Gasteiger partial charge in [-0.05, 0) is 0 Å². The van der Waals surface area contributed by atoms with Gasteiger partial charge in [-0.3, -0.25) is 0 Å². The third-order valence-electron chi connectivity index (χ3n) is 2.90. The summed E-state index contributed by atoms with van der Waals surface area (Å²) in [6.45, 7) is 13.2. The van der Waals surface area contributed by atoms with Gasteiger partial charge in [0.05, 0.1) is 0 Å². The SMILES string of the molecule is C=O.CC1=C(C)C(C)(C)[C]([Rh])=C1C. The summed E-state index contributed by atoms with van der Waals surface area (Å²) in [6.07, 6.45) is 0. The van der Waals surface area contributed by atoms with E-state index in [9.17, 15) is 0 Å². The van der Waals surface area contributed by atoms with Crippen LogP contribution in [-0.4, -0.2) is 6.79 Å². The Kier molecular flexibility index (Phi) is 4.25. The average molecular weight is 268 g/mol. The van der Waals surface area contributed by atoms with Crippen molar-refractivity contribution in [3.05, 3.63) is 20.9 Å². The summed E-state index contributed by atoms with van der Waals surface area (Å²) in [5, 5.41) is 0. The number of hydrogen-bond donors (Lipinski definition) is 0. The quantitative estimate of drug-likeness (QED) is 0.617. The van der Waals surface area contributed by atoms with E-state index in [2.05, 4.69) is 52.9 Å². The van der Waals surface area contributed by atoms with E-state index in [1.54, 1.807) is 0 Å². The topological polar surface area (TPSA) is 17.1 Å². The predicted molar refractivity (Wildman–Crippen MR) is 52.0 cm³/mol. The molecule has 76 valence electrons. The van der Waals surface area contributed by atoms with E-state index in [1.807, 2.05) is 6.79 Å². The molecule has 0 N–H and O–H groups in total. The second kappa shape index (κ2) is 4.33. The van der Waals surface area contributed by atoms with Crippen molar-refractivity contribution in [1.82, 2.24) is 0 Å². The maximum atomic E-state index is 8.00. The van der Waals surface area contributed by atoms with E-state index >= 15 is 0 Å². The molecule has 0 saturated carbocycles. The molecule has 1 rings (SSSR count). The molecule has 0 spiro atoms. The zero-order valence-electron chi connectivity index (χ0n) is 8.95. The summed E-state index contributed by atoms with van der Waals surface area (Å²) < 4.78 is 1.42. The average Bonchev–Trinajstić information content (AvgIpc) is 2.25. The zero-order valence-corrected chi connectivity index (χ0v) is 10.6. The van der Waals surface area contributed by atoms with Crippen molar-refractivity contribution < 1.29 is 23.1 Å². The van der Waals surface area contributed by atoms with E-state index in [1.165, 1.54) is 20.9 Å². The molecule has 0 aliphatic heterocycles. The van der Waals surface area contributed by atoms with Gasteiger partial charge in [-0.25, -0.2) is 0 Å². The first-order chi connectivity index (χ1) is 5.89. The first-order valence-corrected chi connectivity index (χ1v) is 5.02. The molecule has 1 aliphatic carbocycles. The number of carbonyl (C=O) groups excluding carboxylic acids is 1. The fourth-order valence-corrected chi connectivity index (χ4v) is 2.15. The van der Waals surface area contributed by atoms with Crippen molar-refractivity contribution in [2.45, 2.75) is 34.6 Å². The molecule has 0 saturated heterocycles. The molecule has 0 aromatic heterocycles. The molecular weight excluding hydrogens is 251 g/mol. The van der Waals surface area contributed by atoms with Crippen LogP contribution in [0.5, 0.6) is 0 Å². The molecule has 0 amide bonds.